The molecule has 2 aromatic carbocycles. The van der Waals surface area contributed by atoms with Crippen LogP contribution in [0.15, 0.2) is 47.5 Å². The van der Waals surface area contributed by atoms with E-state index >= 15 is 0 Å². The molecule has 3 rings (SSSR count). The molecule has 6 heteroatoms. The van der Waals surface area contributed by atoms with Gasteiger partial charge < -0.3 is 21.1 Å². The van der Waals surface area contributed by atoms with Gasteiger partial charge in [-0.1, -0.05) is 24.3 Å². The number of hydrogen-bond acceptors (Lipinski definition) is 2. The van der Waals surface area contributed by atoms with Gasteiger partial charge in [-0.25, -0.2) is 0 Å². The summed E-state index contributed by atoms with van der Waals surface area (Å²) in [7, 11) is 0. The van der Waals surface area contributed by atoms with Crippen molar-refractivity contribution in [3.63, 3.8) is 0 Å². The van der Waals surface area contributed by atoms with E-state index in [1.54, 1.807) is 12.1 Å². The summed E-state index contributed by atoms with van der Waals surface area (Å²) in [5.74, 6) is -0.747. The molecular formula is C16H16N4O2. The SMILES string of the molecule is NC(N)=NC(=O)c1ccc2c3ccccc3n(CCO)c2c1. The lowest BCUT2D eigenvalue weighted by atomic mass is 10.1. The number of carbonyl (C=O) groups excluding carboxylic acids is 1. The average Bonchev–Trinajstić information content (AvgIpc) is 2.81. The topological polar surface area (TPSA) is 107 Å². The van der Waals surface area contributed by atoms with E-state index in [1.807, 2.05) is 34.9 Å². The van der Waals surface area contributed by atoms with Gasteiger partial charge in [-0.3, -0.25) is 4.79 Å². The van der Waals surface area contributed by atoms with E-state index in [0.29, 0.717) is 12.1 Å². The highest BCUT2D eigenvalue weighted by Gasteiger charge is 2.13. The maximum atomic E-state index is 12.0. The number of aliphatic hydroxyl groups excluding tert-OH is 1. The zero-order valence-electron chi connectivity index (χ0n) is 11.9. The van der Waals surface area contributed by atoms with Gasteiger partial charge in [-0.15, -0.1) is 0 Å². The van der Waals surface area contributed by atoms with Crippen molar-refractivity contribution in [3.8, 4) is 0 Å². The molecule has 1 aromatic heterocycles. The Labute approximate surface area is 126 Å². The molecular weight excluding hydrogens is 280 g/mol. The highest BCUT2D eigenvalue weighted by atomic mass is 16.3. The van der Waals surface area contributed by atoms with Crippen molar-refractivity contribution in [1.29, 1.82) is 0 Å². The van der Waals surface area contributed by atoms with Crippen molar-refractivity contribution in [2.24, 2.45) is 16.5 Å². The summed E-state index contributed by atoms with van der Waals surface area (Å²) in [6, 6.07) is 13.2. The van der Waals surface area contributed by atoms with Crippen molar-refractivity contribution in [1.82, 2.24) is 4.57 Å². The van der Waals surface area contributed by atoms with Gasteiger partial charge in [-0.05, 0) is 18.2 Å². The predicted molar refractivity (Wildman–Crippen MR) is 86.7 cm³/mol. The van der Waals surface area contributed by atoms with Gasteiger partial charge in [0.25, 0.3) is 5.91 Å². The van der Waals surface area contributed by atoms with Gasteiger partial charge in [0, 0.05) is 33.9 Å². The Balaban J connectivity index is 2.27. The second-order valence-corrected chi connectivity index (χ2v) is 4.97. The lowest BCUT2D eigenvalue weighted by Crippen LogP contribution is -2.24. The fraction of sp³-hybridized carbons (Fsp3) is 0.125. The quantitative estimate of drug-likeness (QED) is 0.498. The Hall–Kier alpha value is -2.86. The minimum absolute atomic E-state index is 0.0137. The second-order valence-electron chi connectivity index (χ2n) is 4.97. The van der Waals surface area contributed by atoms with Crippen LogP contribution in [-0.4, -0.2) is 28.1 Å². The summed E-state index contributed by atoms with van der Waals surface area (Å²) in [6.07, 6.45) is 0. The third kappa shape index (κ3) is 2.29. The minimum atomic E-state index is -0.484. The first-order valence-electron chi connectivity index (χ1n) is 6.87. The molecule has 0 unspecified atom stereocenters. The number of aliphatic imine (C=N–C) groups is 1. The molecule has 22 heavy (non-hydrogen) atoms. The summed E-state index contributed by atoms with van der Waals surface area (Å²) < 4.78 is 1.98. The smallest absolute Gasteiger partial charge is 0.280 e. The molecule has 0 aliphatic heterocycles. The first-order valence-corrected chi connectivity index (χ1v) is 6.87. The van der Waals surface area contributed by atoms with Crippen molar-refractivity contribution in [3.05, 3.63) is 48.0 Å². The van der Waals surface area contributed by atoms with E-state index in [2.05, 4.69) is 4.99 Å². The number of hydrogen-bond donors (Lipinski definition) is 3. The number of nitrogens with two attached hydrogens (primary N) is 2. The first kappa shape index (κ1) is 14.1. The Morgan fingerprint density at radius 1 is 1.09 bits per heavy atom. The van der Waals surface area contributed by atoms with E-state index in [9.17, 15) is 9.90 Å². The summed E-state index contributed by atoms with van der Waals surface area (Å²) in [5.41, 5.74) is 12.8. The predicted octanol–water partition coefficient (Wildman–Crippen LogP) is 1.20. The molecule has 0 atom stereocenters. The molecule has 0 aliphatic rings. The molecule has 0 fully saturated rings. The lowest BCUT2D eigenvalue weighted by Gasteiger charge is -2.05. The van der Waals surface area contributed by atoms with E-state index in [-0.39, 0.29) is 12.6 Å². The molecule has 1 amide bonds. The molecule has 112 valence electrons. The standard InChI is InChI=1S/C16H16N4O2/c17-16(18)19-15(22)10-5-6-12-11-3-1-2-4-13(11)20(7-8-21)14(12)9-10/h1-6,9,21H,7-8H2,(H4,17,18,19,22). The largest absolute Gasteiger partial charge is 0.395 e. The van der Waals surface area contributed by atoms with Crippen molar-refractivity contribution in [2.45, 2.75) is 6.54 Å². The zero-order valence-corrected chi connectivity index (χ0v) is 11.9. The average molecular weight is 296 g/mol. The Kier molecular flexibility index (Phi) is 3.52. The third-order valence-corrected chi connectivity index (χ3v) is 3.57. The number of guanidine groups is 1. The number of aromatic nitrogens is 1. The molecule has 0 saturated heterocycles. The van der Waals surface area contributed by atoms with Crippen LogP contribution < -0.4 is 11.5 Å². The van der Waals surface area contributed by atoms with E-state index in [1.165, 1.54) is 0 Å². The highest BCUT2D eigenvalue weighted by molar-refractivity contribution is 6.11. The molecule has 0 saturated carbocycles. The highest BCUT2D eigenvalue weighted by Crippen LogP contribution is 2.29. The Morgan fingerprint density at radius 3 is 2.55 bits per heavy atom. The number of para-hydroxylation sites is 1. The normalized spacial score (nSPS) is 11.0. The third-order valence-electron chi connectivity index (χ3n) is 3.57. The van der Waals surface area contributed by atoms with E-state index < -0.39 is 5.91 Å². The van der Waals surface area contributed by atoms with Gasteiger partial charge in [0.1, 0.15) is 0 Å². The molecule has 1 heterocycles. The van der Waals surface area contributed by atoms with Crippen molar-refractivity contribution >= 4 is 33.7 Å². The molecule has 3 aromatic rings. The minimum Gasteiger partial charge on any atom is -0.395 e. The van der Waals surface area contributed by atoms with E-state index in [4.69, 9.17) is 11.5 Å². The molecule has 0 bridgehead atoms. The number of carbonyl (C=O) groups is 1. The van der Waals surface area contributed by atoms with Gasteiger partial charge in [0.05, 0.1) is 6.61 Å². The van der Waals surface area contributed by atoms with Crippen LogP contribution >= 0.6 is 0 Å². The number of rotatable bonds is 3. The molecule has 5 N–H and O–H groups in total. The summed E-state index contributed by atoms with van der Waals surface area (Å²) in [5, 5.41) is 11.4. The number of fused-ring (bicyclic) bond motifs is 3. The Morgan fingerprint density at radius 2 is 1.82 bits per heavy atom. The van der Waals surface area contributed by atoms with Crippen LogP contribution in [0.2, 0.25) is 0 Å². The van der Waals surface area contributed by atoms with Gasteiger partial charge >= 0.3 is 0 Å². The van der Waals surface area contributed by atoms with Crippen LogP contribution in [0, 0.1) is 0 Å². The zero-order chi connectivity index (χ0) is 15.7. The number of aliphatic hydroxyl groups is 1. The second kappa shape index (κ2) is 5.50. The van der Waals surface area contributed by atoms with Crippen LogP contribution in [-0.2, 0) is 6.54 Å². The van der Waals surface area contributed by atoms with Crippen LogP contribution in [0.5, 0.6) is 0 Å². The van der Waals surface area contributed by atoms with Crippen molar-refractivity contribution < 1.29 is 9.90 Å². The van der Waals surface area contributed by atoms with Gasteiger partial charge in [-0.2, -0.15) is 4.99 Å². The van der Waals surface area contributed by atoms with Gasteiger partial charge in [0.2, 0.25) is 0 Å². The fourth-order valence-electron chi connectivity index (χ4n) is 2.70. The summed E-state index contributed by atoms with van der Waals surface area (Å²) in [6.45, 7) is 0.462. The van der Waals surface area contributed by atoms with Crippen LogP contribution in [0.1, 0.15) is 10.4 Å². The van der Waals surface area contributed by atoms with Crippen LogP contribution in [0.25, 0.3) is 21.8 Å². The Bertz CT molecular complexity index is 892. The number of amides is 1. The summed E-state index contributed by atoms with van der Waals surface area (Å²) >= 11 is 0. The first-order chi connectivity index (χ1) is 10.6. The van der Waals surface area contributed by atoms with Crippen LogP contribution in [0.3, 0.4) is 0 Å². The molecule has 0 spiro atoms. The fourth-order valence-corrected chi connectivity index (χ4v) is 2.70. The number of benzene rings is 2. The molecule has 6 nitrogen and oxygen atoms in total. The molecule has 0 radical (unpaired) electrons. The van der Waals surface area contributed by atoms with Crippen molar-refractivity contribution in [2.75, 3.05) is 6.61 Å². The molecule has 0 aliphatic carbocycles. The monoisotopic (exact) mass is 296 g/mol. The maximum Gasteiger partial charge on any atom is 0.280 e. The maximum absolute atomic E-state index is 12.0. The lowest BCUT2D eigenvalue weighted by molar-refractivity contribution is 0.100. The van der Waals surface area contributed by atoms with Gasteiger partial charge in [0.15, 0.2) is 5.96 Å². The van der Waals surface area contributed by atoms with E-state index in [0.717, 1.165) is 21.8 Å². The number of nitrogens with zero attached hydrogens (tertiary/aromatic N) is 2. The van der Waals surface area contributed by atoms with Crippen LogP contribution in [0.4, 0.5) is 0 Å². The summed E-state index contributed by atoms with van der Waals surface area (Å²) in [4.78, 5) is 15.5.